The lowest BCUT2D eigenvalue weighted by molar-refractivity contribution is -0.147. The molecule has 5 N–H and O–H groups in total. The Hall–Kier alpha value is -3.18. The zero-order valence-electron chi connectivity index (χ0n) is 23.8. The second-order valence-corrected chi connectivity index (χ2v) is 11.5. The van der Waals surface area contributed by atoms with Crippen molar-refractivity contribution in [3.63, 3.8) is 0 Å². The lowest BCUT2D eigenvalue weighted by Gasteiger charge is -2.31. The molecule has 1 aliphatic heterocycles. The van der Waals surface area contributed by atoms with Crippen molar-refractivity contribution >= 4 is 23.5 Å². The van der Waals surface area contributed by atoms with E-state index in [0.29, 0.717) is 30.9 Å². The van der Waals surface area contributed by atoms with Gasteiger partial charge in [-0.3, -0.25) is 19.2 Å². The summed E-state index contributed by atoms with van der Waals surface area (Å²) in [4.78, 5) is 52.1. The summed E-state index contributed by atoms with van der Waals surface area (Å²) in [5, 5.41) is 28.2. The summed E-state index contributed by atoms with van der Waals surface area (Å²) in [5.74, 6) is -1.36. The van der Waals surface area contributed by atoms with Crippen molar-refractivity contribution in [2.24, 2.45) is 5.92 Å². The number of rotatable bonds is 14. The maximum absolute atomic E-state index is 13.6. The van der Waals surface area contributed by atoms with E-state index >= 15 is 0 Å². The third kappa shape index (κ3) is 9.19. The quantitative estimate of drug-likeness (QED) is 0.228. The number of ether oxygens (including phenoxy) is 2. The molecule has 2 aliphatic rings. The fourth-order valence-corrected chi connectivity index (χ4v) is 5.14. The van der Waals surface area contributed by atoms with Gasteiger partial charge in [-0.05, 0) is 50.8 Å². The lowest BCUT2D eigenvalue weighted by atomic mass is 9.91. The number of hydrogen-bond acceptors (Lipinski definition) is 8. The van der Waals surface area contributed by atoms with Crippen LogP contribution < -0.4 is 20.7 Å². The molecule has 3 amide bonds. The van der Waals surface area contributed by atoms with Crippen molar-refractivity contribution in [1.82, 2.24) is 16.0 Å². The van der Waals surface area contributed by atoms with E-state index in [-0.39, 0.29) is 30.1 Å². The van der Waals surface area contributed by atoms with Crippen LogP contribution >= 0.6 is 0 Å². The number of nitrogens with one attached hydrogen (secondary N) is 3. The predicted molar refractivity (Wildman–Crippen MR) is 147 cm³/mol. The standard InChI is InChI=1S/C29H43N3O8/c1-17(30-25(34)16-29(2,3)38)27(36)32-21(14-19-9-10-23(39-4)22(33)15-19)28(37)31-20(13-18-7-5-6-8-18)26(35)24-11-12-40-24/h9-10,15,17-18,20-21,24,33,38H,5-8,11-14,16H2,1-4H3,(H,30,34)(H,31,37)(H,32,36)/t17-,20+,21+,24+/m1/s1. The molecule has 222 valence electrons. The van der Waals surface area contributed by atoms with E-state index in [4.69, 9.17) is 9.47 Å². The van der Waals surface area contributed by atoms with Crippen molar-refractivity contribution in [2.75, 3.05) is 13.7 Å². The summed E-state index contributed by atoms with van der Waals surface area (Å²) >= 11 is 0. The highest BCUT2D eigenvalue weighted by Gasteiger charge is 2.36. The topological polar surface area (TPSA) is 163 Å². The van der Waals surface area contributed by atoms with Gasteiger partial charge in [0, 0.05) is 12.8 Å². The lowest BCUT2D eigenvalue weighted by Crippen LogP contribution is -2.57. The number of carbonyl (C=O) groups excluding carboxylic acids is 4. The third-order valence-electron chi connectivity index (χ3n) is 7.40. The Morgan fingerprint density at radius 1 is 1.05 bits per heavy atom. The van der Waals surface area contributed by atoms with E-state index in [9.17, 15) is 29.4 Å². The van der Waals surface area contributed by atoms with E-state index in [1.165, 1.54) is 33.9 Å². The average molecular weight is 562 g/mol. The van der Waals surface area contributed by atoms with Crippen LogP contribution in [0.4, 0.5) is 0 Å². The SMILES string of the molecule is COc1ccc(C[C@H](NC(=O)[C@@H](C)NC(=O)CC(C)(C)O)C(=O)N[C@@H](CC2CCCC2)C(=O)[C@@H]2CCO2)cc1O. The summed E-state index contributed by atoms with van der Waals surface area (Å²) in [6.45, 7) is 4.96. The fraction of sp³-hybridized carbons (Fsp3) is 0.655. The molecule has 11 nitrogen and oxygen atoms in total. The predicted octanol–water partition coefficient (Wildman–Crippen LogP) is 1.52. The average Bonchev–Trinajstić information content (AvgIpc) is 3.34. The molecule has 40 heavy (non-hydrogen) atoms. The van der Waals surface area contributed by atoms with Crippen LogP contribution in [0.3, 0.4) is 0 Å². The summed E-state index contributed by atoms with van der Waals surface area (Å²) < 4.78 is 10.5. The number of benzene rings is 1. The minimum absolute atomic E-state index is 0.0176. The van der Waals surface area contributed by atoms with Crippen LogP contribution in [0.5, 0.6) is 11.5 Å². The molecule has 1 aromatic carbocycles. The first-order valence-corrected chi connectivity index (χ1v) is 14.0. The highest BCUT2D eigenvalue weighted by Crippen LogP contribution is 2.30. The Morgan fingerprint density at radius 2 is 1.70 bits per heavy atom. The Bertz CT molecular complexity index is 1060. The van der Waals surface area contributed by atoms with E-state index < -0.39 is 47.6 Å². The Balaban J connectivity index is 1.77. The normalized spacial score (nSPS) is 19.6. The van der Waals surface area contributed by atoms with Gasteiger partial charge in [0.15, 0.2) is 17.3 Å². The Morgan fingerprint density at radius 3 is 2.25 bits per heavy atom. The molecular formula is C29H43N3O8. The third-order valence-corrected chi connectivity index (χ3v) is 7.40. The van der Waals surface area contributed by atoms with Crippen molar-refractivity contribution in [3.05, 3.63) is 23.8 Å². The minimum atomic E-state index is -1.25. The molecule has 1 aromatic rings. The van der Waals surface area contributed by atoms with E-state index in [1.807, 2.05) is 0 Å². The van der Waals surface area contributed by atoms with Gasteiger partial charge in [0.25, 0.3) is 0 Å². The van der Waals surface area contributed by atoms with Gasteiger partial charge >= 0.3 is 0 Å². The number of methoxy groups -OCH3 is 1. The number of phenols is 1. The highest BCUT2D eigenvalue weighted by molar-refractivity contribution is 5.96. The van der Waals surface area contributed by atoms with Crippen LogP contribution in [0.25, 0.3) is 0 Å². The van der Waals surface area contributed by atoms with E-state index in [0.717, 1.165) is 25.7 Å². The molecule has 0 spiro atoms. The van der Waals surface area contributed by atoms with Gasteiger partial charge in [-0.25, -0.2) is 0 Å². The zero-order chi connectivity index (χ0) is 29.4. The molecule has 0 aromatic heterocycles. The molecule has 1 saturated heterocycles. The van der Waals surface area contributed by atoms with Crippen molar-refractivity contribution in [2.45, 2.75) is 102 Å². The molecule has 3 rings (SSSR count). The number of aromatic hydroxyl groups is 1. The first-order valence-electron chi connectivity index (χ1n) is 14.0. The number of amides is 3. The smallest absolute Gasteiger partial charge is 0.243 e. The second-order valence-electron chi connectivity index (χ2n) is 11.5. The summed E-state index contributed by atoms with van der Waals surface area (Å²) in [6, 6.07) is 1.84. The molecule has 0 radical (unpaired) electrons. The second kappa shape index (κ2) is 13.9. The largest absolute Gasteiger partial charge is 0.504 e. The molecule has 11 heteroatoms. The number of aliphatic hydroxyl groups is 1. The first kappa shape index (κ1) is 31.3. The number of Topliss-reactive ketones (excluding diaryl/α,β-unsaturated/α-hetero) is 1. The van der Waals surface area contributed by atoms with Gasteiger partial charge in [0.1, 0.15) is 18.2 Å². The zero-order valence-corrected chi connectivity index (χ0v) is 23.8. The van der Waals surface area contributed by atoms with Crippen molar-refractivity contribution in [1.29, 1.82) is 0 Å². The monoisotopic (exact) mass is 561 g/mol. The molecule has 0 unspecified atom stereocenters. The summed E-state index contributed by atoms with van der Waals surface area (Å²) in [5.41, 5.74) is -0.692. The van der Waals surface area contributed by atoms with Gasteiger partial charge in [-0.2, -0.15) is 0 Å². The summed E-state index contributed by atoms with van der Waals surface area (Å²) in [7, 11) is 1.42. The molecule has 0 bridgehead atoms. The number of carbonyl (C=O) groups is 4. The maximum atomic E-state index is 13.6. The Labute approximate surface area is 235 Å². The van der Waals surface area contributed by atoms with Gasteiger partial charge < -0.3 is 35.6 Å². The van der Waals surface area contributed by atoms with Crippen LogP contribution in [-0.2, 0) is 30.3 Å². The van der Waals surface area contributed by atoms with Gasteiger partial charge in [0.2, 0.25) is 17.7 Å². The van der Waals surface area contributed by atoms with Gasteiger partial charge in [-0.15, -0.1) is 0 Å². The van der Waals surface area contributed by atoms with Crippen LogP contribution in [0, 0.1) is 5.92 Å². The Kier molecular flexibility index (Phi) is 10.9. The minimum Gasteiger partial charge on any atom is -0.504 e. The van der Waals surface area contributed by atoms with Crippen molar-refractivity contribution in [3.8, 4) is 11.5 Å². The summed E-state index contributed by atoms with van der Waals surface area (Å²) in [6.07, 6.45) is 4.59. The van der Waals surface area contributed by atoms with E-state index in [1.54, 1.807) is 12.1 Å². The van der Waals surface area contributed by atoms with E-state index in [2.05, 4.69) is 16.0 Å². The molecule has 1 saturated carbocycles. The molecule has 4 atom stereocenters. The fourth-order valence-electron chi connectivity index (χ4n) is 5.14. The van der Waals surface area contributed by atoms with Crippen molar-refractivity contribution < 1.29 is 38.9 Å². The molecule has 1 aliphatic carbocycles. The van der Waals surface area contributed by atoms with Gasteiger partial charge in [0.05, 0.1) is 31.8 Å². The number of hydrogen-bond donors (Lipinski definition) is 5. The molecule has 2 fully saturated rings. The molecule has 1 heterocycles. The number of phenolic OH excluding ortho intramolecular Hbond substituents is 1. The first-order chi connectivity index (χ1) is 18.9. The highest BCUT2D eigenvalue weighted by atomic mass is 16.5. The van der Waals surface area contributed by atoms with Crippen LogP contribution in [0.1, 0.15) is 71.3 Å². The maximum Gasteiger partial charge on any atom is 0.243 e. The van der Waals surface area contributed by atoms with Crippen LogP contribution in [0.2, 0.25) is 0 Å². The van der Waals surface area contributed by atoms with Crippen LogP contribution in [0.15, 0.2) is 18.2 Å². The number of ketones is 1. The van der Waals surface area contributed by atoms with Crippen LogP contribution in [-0.4, -0.2) is 77.3 Å². The molecular weight excluding hydrogens is 518 g/mol. The van der Waals surface area contributed by atoms with Gasteiger partial charge in [-0.1, -0.05) is 31.7 Å².